The van der Waals surface area contributed by atoms with Crippen molar-refractivity contribution in [1.82, 2.24) is 0 Å². The normalized spacial score (nSPS) is 15.6. The molecule has 0 amide bonds. The molecule has 222 valence electrons. The summed E-state index contributed by atoms with van der Waals surface area (Å²) in [4.78, 5) is 5.13. The molecule has 0 spiro atoms. The highest BCUT2D eigenvalue weighted by molar-refractivity contribution is 6.02. The largest absolute Gasteiger partial charge is 0.390 e. The highest BCUT2D eigenvalue weighted by atomic mass is 16.3. The number of rotatable bonds is 8. The van der Waals surface area contributed by atoms with Gasteiger partial charge in [0.2, 0.25) is 0 Å². The first kappa shape index (κ1) is 30.9. The third kappa shape index (κ3) is 6.98. The molecule has 6 rings (SSSR count). The molecular weight excluding hydrogens is 534 g/mol. The van der Waals surface area contributed by atoms with E-state index in [9.17, 15) is 5.11 Å². The van der Waals surface area contributed by atoms with Crippen LogP contribution in [0.4, 0.5) is 0 Å². The minimum Gasteiger partial charge on any atom is -0.390 e. The van der Waals surface area contributed by atoms with Crippen LogP contribution in [-0.4, -0.2) is 16.4 Å². The molecule has 0 bridgehead atoms. The second-order valence-electron chi connectivity index (χ2n) is 12.8. The molecule has 2 aliphatic rings. The first-order valence-electron chi connectivity index (χ1n) is 15.4. The molecule has 0 aromatic heterocycles. The zero-order valence-electron chi connectivity index (χ0n) is 26.8. The molecule has 2 heteroatoms. The molecule has 0 unspecified atom stereocenters. The molecule has 44 heavy (non-hydrogen) atoms. The van der Waals surface area contributed by atoms with Gasteiger partial charge in [-0.1, -0.05) is 159 Å². The molecule has 4 aromatic carbocycles. The Bertz CT molecular complexity index is 1720. The highest BCUT2D eigenvalue weighted by Crippen LogP contribution is 2.43. The Labute approximate surface area is 263 Å². The van der Waals surface area contributed by atoms with Crippen LogP contribution in [0.15, 0.2) is 156 Å². The van der Waals surface area contributed by atoms with Crippen molar-refractivity contribution in [3.05, 3.63) is 173 Å². The summed E-state index contributed by atoms with van der Waals surface area (Å²) in [6.45, 7) is 12.0. The van der Waals surface area contributed by atoms with Crippen molar-refractivity contribution in [3.63, 3.8) is 0 Å². The third-order valence-corrected chi connectivity index (χ3v) is 9.02. The summed E-state index contributed by atoms with van der Waals surface area (Å²) in [6.07, 6.45) is 12.9. The Morgan fingerprint density at radius 3 is 1.73 bits per heavy atom. The summed E-state index contributed by atoms with van der Waals surface area (Å²) >= 11 is 0. The van der Waals surface area contributed by atoms with E-state index in [2.05, 4.69) is 155 Å². The maximum absolute atomic E-state index is 9.81. The second-order valence-corrected chi connectivity index (χ2v) is 12.8. The molecule has 0 radical (unpaired) electrons. The highest BCUT2D eigenvalue weighted by Gasteiger charge is 2.38. The quantitative estimate of drug-likeness (QED) is 0.164. The Hall–Kier alpha value is -4.53. The van der Waals surface area contributed by atoms with Gasteiger partial charge in [0, 0.05) is 11.1 Å². The van der Waals surface area contributed by atoms with E-state index < -0.39 is 5.60 Å². The van der Waals surface area contributed by atoms with E-state index in [1.165, 1.54) is 27.8 Å². The van der Waals surface area contributed by atoms with Gasteiger partial charge in [0.15, 0.2) is 0 Å². The summed E-state index contributed by atoms with van der Waals surface area (Å²) in [7, 11) is 0. The van der Waals surface area contributed by atoms with Crippen molar-refractivity contribution in [2.75, 3.05) is 0 Å². The van der Waals surface area contributed by atoms with E-state index in [0.717, 1.165) is 22.5 Å². The van der Waals surface area contributed by atoms with Crippen molar-refractivity contribution < 1.29 is 5.11 Å². The van der Waals surface area contributed by atoms with Gasteiger partial charge in [-0.3, -0.25) is 4.99 Å². The van der Waals surface area contributed by atoms with Crippen molar-refractivity contribution in [1.29, 1.82) is 0 Å². The molecular formula is C42H43NO. The van der Waals surface area contributed by atoms with Crippen LogP contribution in [0, 0.1) is 12.3 Å². The lowest BCUT2D eigenvalue weighted by molar-refractivity contribution is -0.0123. The topological polar surface area (TPSA) is 32.6 Å². The molecule has 4 aromatic rings. The predicted octanol–water partition coefficient (Wildman–Crippen LogP) is 10.3. The number of hydrogen-bond donors (Lipinski definition) is 1. The first-order chi connectivity index (χ1) is 21.0. The zero-order chi connectivity index (χ0) is 31.4. The van der Waals surface area contributed by atoms with Crippen LogP contribution in [0.1, 0.15) is 56.9 Å². The van der Waals surface area contributed by atoms with Gasteiger partial charge in [-0.2, -0.15) is 0 Å². The summed E-state index contributed by atoms with van der Waals surface area (Å²) in [5, 5.41) is 9.81. The number of allylic oxidation sites excluding steroid dienone is 6. The number of aliphatic hydroxyl groups is 1. The zero-order valence-corrected chi connectivity index (χ0v) is 26.8. The van der Waals surface area contributed by atoms with Crippen LogP contribution in [0.5, 0.6) is 0 Å². The summed E-state index contributed by atoms with van der Waals surface area (Å²) in [5.41, 5.74) is 9.50. The number of aliphatic imine (C=N–C) groups is 1. The predicted molar refractivity (Wildman–Crippen MR) is 188 cm³/mol. The van der Waals surface area contributed by atoms with Crippen molar-refractivity contribution in [2.45, 2.75) is 52.6 Å². The lowest BCUT2D eigenvalue weighted by Crippen LogP contribution is -2.40. The van der Waals surface area contributed by atoms with Gasteiger partial charge < -0.3 is 5.11 Å². The van der Waals surface area contributed by atoms with Gasteiger partial charge in [-0.05, 0) is 67.2 Å². The standard InChI is InChI=1S/C32H27N.C10H16O/c1-24-13-19-30(20-14-24)32(21-22-32)23-31(33-25(2)26-9-5-3-6-10-26)29-17-15-28(16-18-29)27-11-7-4-8-12-27;1-9(2,10(3,4)11)8-6-5-7-8/h3-23H,1-2H3;5-7,11H,1-4H3/b31-23-,33-25?;. The van der Waals surface area contributed by atoms with Gasteiger partial charge in [0.05, 0.1) is 16.7 Å². The minimum atomic E-state index is -0.649. The summed E-state index contributed by atoms with van der Waals surface area (Å²) in [6, 6.07) is 38.4. The van der Waals surface area contributed by atoms with Gasteiger partial charge in [0.1, 0.15) is 0 Å². The molecule has 2 aliphatic carbocycles. The number of benzene rings is 4. The average Bonchev–Trinajstić information content (AvgIpc) is 3.77. The Morgan fingerprint density at radius 2 is 1.25 bits per heavy atom. The fourth-order valence-electron chi connectivity index (χ4n) is 5.06. The maximum Gasteiger partial charge on any atom is 0.0682 e. The van der Waals surface area contributed by atoms with Crippen molar-refractivity contribution in [3.8, 4) is 11.1 Å². The SMILES string of the molecule is CC(=N/C(=C\C1(c2ccc(C)cc2)C=C1)c1ccc(-c2ccccc2)cc1)c1ccccc1.CC(C)(O)C(C)(C)C1=CC=C1. The minimum absolute atomic E-state index is 0.137. The smallest absolute Gasteiger partial charge is 0.0682 e. The van der Waals surface area contributed by atoms with Crippen molar-refractivity contribution >= 4 is 11.4 Å². The van der Waals surface area contributed by atoms with E-state index in [4.69, 9.17) is 4.99 Å². The van der Waals surface area contributed by atoms with Gasteiger partial charge in [-0.25, -0.2) is 0 Å². The maximum atomic E-state index is 9.81. The lowest BCUT2D eigenvalue weighted by Gasteiger charge is -2.39. The first-order valence-corrected chi connectivity index (χ1v) is 15.4. The average molecular weight is 578 g/mol. The molecule has 0 atom stereocenters. The van der Waals surface area contributed by atoms with Crippen molar-refractivity contribution in [2.24, 2.45) is 10.4 Å². The monoisotopic (exact) mass is 577 g/mol. The molecule has 0 heterocycles. The molecule has 0 aliphatic heterocycles. The van der Waals surface area contributed by atoms with Gasteiger partial charge in [0.25, 0.3) is 0 Å². The van der Waals surface area contributed by atoms with Crippen LogP contribution in [0.2, 0.25) is 0 Å². The molecule has 2 nitrogen and oxygen atoms in total. The Morgan fingerprint density at radius 1 is 0.705 bits per heavy atom. The van der Waals surface area contributed by atoms with Crippen LogP contribution in [0.3, 0.4) is 0 Å². The summed E-state index contributed by atoms with van der Waals surface area (Å²) in [5.74, 6) is 0. The number of hydrogen-bond acceptors (Lipinski definition) is 2. The van der Waals surface area contributed by atoms with E-state index in [1.807, 2.05) is 32.1 Å². The van der Waals surface area contributed by atoms with Crippen LogP contribution < -0.4 is 0 Å². The molecule has 1 N–H and O–H groups in total. The van der Waals surface area contributed by atoms with E-state index in [0.29, 0.717) is 0 Å². The Balaban J connectivity index is 0.000000296. The molecule has 0 saturated carbocycles. The fraction of sp³-hybridized carbons (Fsp3) is 0.214. The third-order valence-electron chi connectivity index (χ3n) is 9.02. The number of nitrogens with zero attached hydrogens (tertiary/aromatic N) is 1. The van der Waals surface area contributed by atoms with Gasteiger partial charge in [-0.15, -0.1) is 0 Å². The van der Waals surface area contributed by atoms with E-state index in [-0.39, 0.29) is 10.8 Å². The molecule has 0 fully saturated rings. The van der Waals surface area contributed by atoms with Crippen LogP contribution in [0.25, 0.3) is 16.8 Å². The Kier molecular flexibility index (Phi) is 8.85. The van der Waals surface area contributed by atoms with Crippen LogP contribution >= 0.6 is 0 Å². The summed E-state index contributed by atoms with van der Waals surface area (Å²) < 4.78 is 0. The van der Waals surface area contributed by atoms with E-state index in [1.54, 1.807) is 0 Å². The van der Waals surface area contributed by atoms with Gasteiger partial charge >= 0.3 is 0 Å². The molecule has 0 saturated heterocycles. The lowest BCUT2D eigenvalue weighted by atomic mass is 9.69. The second kappa shape index (κ2) is 12.6. The van der Waals surface area contributed by atoms with Crippen LogP contribution in [-0.2, 0) is 5.41 Å². The van der Waals surface area contributed by atoms with E-state index >= 15 is 0 Å². The number of aryl methyl sites for hydroxylation is 1. The fourth-order valence-corrected chi connectivity index (χ4v) is 5.06.